The van der Waals surface area contributed by atoms with Gasteiger partial charge in [-0.05, 0) is 12.8 Å². The smallest absolute Gasteiger partial charge is 0.318 e. The van der Waals surface area contributed by atoms with E-state index < -0.39 is 11.9 Å². The van der Waals surface area contributed by atoms with Crippen LogP contribution in [0, 0.1) is 0 Å². The van der Waals surface area contributed by atoms with Crippen LogP contribution >= 0.6 is 0 Å². The molecule has 2 rings (SSSR count). The predicted octanol–water partition coefficient (Wildman–Crippen LogP) is -1.27. The minimum atomic E-state index is -0.870. The molecule has 1 aromatic heterocycles. The Morgan fingerprint density at radius 2 is 2.29 bits per heavy atom. The molecule has 8 heteroatoms. The maximum atomic E-state index is 11.2. The highest BCUT2D eigenvalue weighted by Gasteiger charge is 2.20. The summed E-state index contributed by atoms with van der Waals surface area (Å²) in [5.41, 5.74) is 5.58. The SMILES string of the molecule is NC(=O)NC(=O)Cn1cc(CNC2CC2)nn1. The van der Waals surface area contributed by atoms with Crippen LogP contribution < -0.4 is 16.4 Å². The number of carbonyl (C=O) groups excluding carboxylic acids is 2. The zero-order valence-corrected chi connectivity index (χ0v) is 9.22. The highest BCUT2D eigenvalue weighted by Crippen LogP contribution is 2.18. The van der Waals surface area contributed by atoms with E-state index in [1.54, 1.807) is 6.20 Å². The van der Waals surface area contributed by atoms with E-state index in [0.29, 0.717) is 12.6 Å². The largest absolute Gasteiger partial charge is 0.351 e. The van der Waals surface area contributed by atoms with E-state index in [1.807, 2.05) is 5.32 Å². The molecule has 0 aromatic carbocycles. The fourth-order valence-corrected chi connectivity index (χ4v) is 1.36. The molecule has 92 valence electrons. The first kappa shape index (κ1) is 11.5. The molecule has 0 saturated heterocycles. The number of hydrogen-bond donors (Lipinski definition) is 3. The molecule has 3 amide bonds. The molecule has 8 nitrogen and oxygen atoms in total. The Hall–Kier alpha value is -1.96. The van der Waals surface area contributed by atoms with Gasteiger partial charge in [0, 0.05) is 12.6 Å². The molecule has 1 fully saturated rings. The standard InChI is InChI=1S/C9H14N6O2/c10-9(17)12-8(16)5-15-4-7(13-14-15)3-11-6-1-2-6/h4,6,11H,1-3,5H2,(H3,10,12,16,17). The molecule has 0 bridgehead atoms. The van der Waals surface area contributed by atoms with Crippen LogP contribution in [0.1, 0.15) is 18.5 Å². The van der Waals surface area contributed by atoms with E-state index in [1.165, 1.54) is 17.5 Å². The monoisotopic (exact) mass is 238 g/mol. The summed E-state index contributed by atoms with van der Waals surface area (Å²) in [6.07, 6.45) is 4.07. The number of nitrogens with zero attached hydrogens (tertiary/aromatic N) is 3. The summed E-state index contributed by atoms with van der Waals surface area (Å²) >= 11 is 0. The number of urea groups is 1. The van der Waals surface area contributed by atoms with Crippen molar-refractivity contribution in [3.05, 3.63) is 11.9 Å². The van der Waals surface area contributed by atoms with Gasteiger partial charge in [0.15, 0.2) is 0 Å². The van der Waals surface area contributed by atoms with Crippen molar-refractivity contribution in [1.82, 2.24) is 25.6 Å². The first-order valence-corrected chi connectivity index (χ1v) is 5.35. The minimum absolute atomic E-state index is 0.0701. The van der Waals surface area contributed by atoms with Crippen LogP contribution in [0.2, 0.25) is 0 Å². The quantitative estimate of drug-likeness (QED) is 0.591. The van der Waals surface area contributed by atoms with Gasteiger partial charge < -0.3 is 11.1 Å². The number of rotatable bonds is 5. The van der Waals surface area contributed by atoms with Gasteiger partial charge >= 0.3 is 6.03 Å². The molecule has 1 saturated carbocycles. The van der Waals surface area contributed by atoms with Gasteiger partial charge in [-0.2, -0.15) is 0 Å². The second-order valence-electron chi connectivity index (χ2n) is 3.98. The Labute approximate surface area is 97.5 Å². The molecule has 1 aliphatic rings. The number of nitrogens with two attached hydrogens (primary N) is 1. The van der Waals surface area contributed by atoms with Gasteiger partial charge in [-0.25, -0.2) is 9.48 Å². The maximum Gasteiger partial charge on any atom is 0.318 e. The summed E-state index contributed by atoms with van der Waals surface area (Å²) in [5, 5.41) is 12.9. The van der Waals surface area contributed by atoms with E-state index in [9.17, 15) is 9.59 Å². The summed E-state index contributed by atoms with van der Waals surface area (Å²) in [6.45, 7) is 0.571. The van der Waals surface area contributed by atoms with E-state index in [2.05, 4.69) is 15.6 Å². The van der Waals surface area contributed by atoms with Crippen molar-refractivity contribution in [3.8, 4) is 0 Å². The lowest BCUT2D eigenvalue weighted by Crippen LogP contribution is -2.37. The predicted molar refractivity (Wildman–Crippen MR) is 57.6 cm³/mol. The average Bonchev–Trinajstić information content (AvgIpc) is 2.96. The summed E-state index contributed by atoms with van der Waals surface area (Å²) in [6, 6.07) is -0.274. The molecule has 0 atom stereocenters. The van der Waals surface area contributed by atoms with Crippen molar-refractivity contribution in [2.24, 2.45) is 5.73 Å². The Kier molecular flexibility index (Phi) is 3.33. The molecule has 4 N–H and O–H groups in total. The average molecular weight is 238 g/mol. The number of carbonyl (C=O) groups is 2. The number of nitrogens with one attached hydrogen (secondary N) is 2. The van der Waals surface area contributed by atoms with Crippen molar-refractivity contribution >= 4 is 11.9 Å². The van der Waals surface area contributed by atoms with Crippen molar-refractivity contribution in [2.75, 3.05) is 0 Å². The molecule has 0 radical (unpaired) electrons. The van der Waals surface area contributed by atoms with Crippen LogP contribution in [-0.2, 0) is 17.9 Å². The van der Waals surface area contributed by atoms with E-state index in [0.717, 1.165) is 5.69 Å². The minimum Gasteiger partial charge on any atom is -0.351 e. The first-order chi connectivity index (χ1) is 8.13. The molecule has 0 unspecified atom stereocenters. The molecule has 0 aliphatic heterocycles. The Morgan fingerprint density at radius 3 is 2.94 bits per heavy atom. The third kappa shape index (κ3) is 3.83. The maximum absolute atomic E-state index is 11.2. The van der Waals surface area contributed by atoms with Crippen LogP contribution in [0.25, 0.3) is 0 Å². The number of aromatic nitrogens is 3. The Balaban J connectivity index is 1.80. The van der Waals surface area contributed by atoms with Gasteiger partial charge in [-0.15, -0.1) is 5.10 Å². The second kappa shape index (κ2) is 4.91. The molecule has 1 aromatic rings. The van der Waals surface area contributed by atoms with E-state index in [-0.39, 0.29) is 6.54 Å². The zero-order valence-electron chi connectivity index (χ0n) is 9.22. The summed E-state index contributed by atoms with van der Waals surface area (Å²) in [5.74, 6) is -0.510. The molecule has 1 aliphatic carbocycles. The zero-order chi connectivity index (χ0) is 12.3. The van der Waals surface area contributed by atoms with E-state index in [4.69, 9.17) is 5.73 Å². The van der Waals surface area contributed by atoms with Crippen LogP contribution in [0.3, 0.4) is 0 Å². The third-order valence-electron chi connectivity index (χ3n) is 2.30. The van der Waals surface area contributed by atoms with Gasteiger partial charge in [0.2, 0.25) is 5.91 Å². The normalized spacial score (nSPS) is 14.6. The third-order valence-corrected chi connectivity index (χ3v) is 2.30. The second-order valence-corrected chi connectivity index (χ2v) is 3.98. The van der Waals surface area contributed by atoms with Gasteiger partial charge in [-0.1, -0.05) is 5.21 Å². The highest BCUT2D eigenvalue weighted by molar-refractivity contribution is 5.93. The van der Waals surface area contributed by atoms with Crippen LogP contribution in [-0.4, -0.2) is 33.0 Å². The number of amides is 3. The van der Waals surface area contributed by atoms with Crippen molar-refractivity contribution < 1.29 is 9.59 Å². The van der Waals surface area contributed by atoms with Crippen molar-refractivity contribution in [2.45, 2.75) is 32.0 Å². The highest BCUT2D eigenvalue weighted by atomic mass is 16.2. The summed E-state index contributed by atoms with van der Waals surface area (Å²) in [7, 11) is 0. The van der Waals surface area contributed by atoms with Gasteiger partial charge in [0.05, 0.1) is 11.9 Å². The topological polar surface area (TPSA) is 115 Å². The molecular weight excluding hydrogens is 224 g/mol. The Morgan fingerprint density at radius 1 is 1.53 bits per heavy atom. The first-order valence-electron chi connectivity index (χ1n) is 5.35. The lowest BCUT2D eigenvalue weighted by molar-refractivity contribution is -0.120. The van der Waals surface area contributed by atoms with Gasteiger partial charge in [0.25, 0.3) is 0 Å². The molecule has 1 heterocycles. The number of hydrogen-bond acceptors (Lipinski definition) is 5. The Bertz CT molecular complexity index is 425. The van der Waals surface area contributed by atoms with Crippen molar-refractivity contribution in [3.63, 3.8) is 0 Å². The van der Waals surface area contributed by atoms with Crippen LogP contribution in [0.4, 0.5) is 4.79 Å². The van der Waals surface area contributed by atoms with Gasteiger partial charge in [-0.3, -0.25) is 10.1 Å². The summed E-state index contributed by atoms with van der Waals surface area (Å²) in [4.78, 5) is 21.6. The number of primary amides is 1. The van der Waals surface area contributed by atoms with Gasteiger partial charge in [0.1, 0.15) is 6.54 Å². The summed E-state index contributed by atoms with van der Waals surface area (Å²) < 4.78 is 1.36. The van der Waals surface area contributed by atoms with Crippen molar-refractivity contribution in [1.29, 1.82) is 0 Å². The fraction of sp³-hybridized carbons (Fsp3) is 0.556. The van der Waals surface area contributed by atoms with Crippen LogP contribution in [0.5, 0.6) is 0 Å². The molecule has 0 spiro atoms. The lowest BCUT2D eigenvalue weighted by atomic mass is 10.4. The fourth-order valence-electron chi connectivity index (χ4n) is 1.36. The molecular formula is C9H14N6O2. The molecule has 17 heavy (non-hydrogen) atoms. The van der Waals surface area contributed by atoms with Crippen LogP contribution in [0.15, 0.2) is 6.20 Å². The number of imide groups is 1. The lowest BCUT2D eigenvalue weighted by Gasteiger charge is -1.99. The van der Waals surface area contributed by atoms with E-state index >= 15 is 0 Å².